The minimum atomic E-state index is -0.635. The first-order valence-corrected chi connectivity index (χ1v) is 11.8. The summed E-state index contributed by atoms with van der Waals surface area (Å²) in [6.07, 6.45) is 1.33. The highest BCUT2D eigenvalue weighted by Crippen LogP contribution is 2.32. The maximum atomic E-state index is 12.9. The Morgan fingerprint density at radius 2 is 1.77 bits per heavy atom. The van der Waals surface area contributed by atoms with Crippen LogP contribution in [0.4, 0.5) is 16.2 Å². The second kappa shape index (κ2) is 9.77. The van der Waals surface area contributed by atoms with Gasteiger partial charge in [0, 0.05) is 18.5 Å². The van der Waals surface area contributed by atoms with Gasteiger partial charge in [-0.1, -0.05) is 30.3 Å². The summed E-state index contributed by atoms with van der Waals surface area (Å²) < 4.78 is 10.7. The number of nitrogens with one attached hydrogen (secondary N) is 1. The lowest BCUT2D eigenvalue weighted by Gasteiger charge is -2.30. The lowest BCUT2D eigenvalue weighted by molar-refractivity contribution is -0.127. The van der Waals surface area contributed by atoms with Crippen LogP contribution in [0.2, 0.25) is 0 Å². The van der Waals surface area contributed by atoms with E-state index in [4.69, 9.17) is 9.15 Å². The van der Waals surface area contributed by atoms with Gasteiger partial charge in [0.2, 0.25) is 5.91 Å². The maximum Gasteiger partial charge on any atom is 0.343 e. The standard InChI is InChI=1S/C25H21N3O6S/c29-22(26-18-6-2-3-7-19(18)27-9-11-33-12-10-27)15-28-23(30)21(35-25(28)32)14-17-13-16-5-1-4-8-20(16)34-24(17)31/h1-8,13-14H,9-12,15H2,(H,26,29)/b21-14-. The van der Waals surface area contributed by atoms with Crippen LogP contribution in [0.15, 0.2) is 68.7 Å². The molecule has 10 heteroatoms. The minimum absolute atomic E-state index is 0.0547. The lowest BCUT2D eigenvalue weighted by Crippen LogP contribution is -2.38. The van der Waals surface area contributed by atoms with E-state index in [0.29, 0.717) is 54.7 Å². The summed E-state index contributed by atoms with van der Waals surface area (Å²) >= 11 is 0.681. The number of nitrogens with zero attached hydrogens (tertiary/aromatic N) is 2. The minimum Gasteiger partial charge on any atom is -0.422 e. The predicted octanol–water partition coefficient (Wildman–Crippen LogP) is 3.30. The first kappa shape index (κ1) is 22.9. The average molecular weight is 492 g/mol. The Bertz CT molecular complexity index is 1410. The molecule has 0 radical (unpaired) electrons. The number of fused-ring (bicyclic) bond motifs is 1. The molecule has 0 atom stereocenters. The SMILES string of the molecule is O=C(CN1C(=O)S/C(=C\c2cc3ccccc3oc2=O)C1=O)Nc1ccccc1N1CCOCC1. The second-order valence-electron chi connectivity index (χ2n) is 7.96. The zero-order valence-electron chi connectivity index (χ0n) is 18.6. The Morgan fingerprint density at radius 3 is 2.60 bits per heavy atom. The number of carbonyl (C=O) groups is 3. The van der Waals surface area contributed by atoms with Crippen molar-refractivity contribution in [2.45, 2.75) is 0 Å². The van der Waals surface area contributed by atoms with E-state index in [0.717, 1.165) is 10.6 Å². The van der Waals surface area contributed by atoms with E-state index >= 15 is 0 Å². The normalized spacial score (nSPS) is 17.4. The number of amides is 3. The molecular formula is C25H21N3O6S. The number of rotatable bonds is 5. The molecule has 35 heavy (non-hydrogen) atoms. The quantitative estimate of drug-likeness (QED) is 0.428. The van der Waals surface area contributed by atoms with Gasteiger partial charge in [-0.25, -0.2) is 4.79 Å². The third kappa shape index (κ3) is 4.84. The molecule has 0 bridgehead atoms. The van der Waals surface area contributed by atoms with Gasteiger partial charge in [-0.3, -0.25) is 19.3 Å². The van der Waals surface area contributed by atoms with E-state index in [-0.39, 0.29) is 10.5 Å². The predicted molar refractivity (Wildman–Crippen MR) is 133 cm³/mol. The van der Waals surface area contributed by atoms with Crippen LogP contribution in [0, 0.1) is 0 Å². The molecule has 178 valence electrons. The monoisotopic (exact) mass is 491 g/mol. The van der Waals surface area contributed by atoms with Crippen molar-refractivity contribution in [1.29, 1.82) is 0 Å². The fourth-order valence-electron chi connectivity index (χ4n) is 3.95. The van der Waals surface area contributed by atoms with Crippen LogP contribution in [0.25, 0.3) is 17.0 Å². The number of morpholine rings is 1. The van der Waals surface area contributed by atoms with Gasteiger partial charge in [0.05, 0.1) is 35.1 Å². The molecule has 2 fully saturated rings. The number of hydrogen-bond acceptors (Lipinski definition) is 8. The topological polar surface area (TPSA) is 109 Å². The van der Waals surface area contributed by atoms with E-state index in [9.17, 15) is 19.2 Å². The van der Waals surface area contributed by atoms with Crippen LogP contribution < -0.4 is 15.8 Å². The molecule has 2 aromatic carbocycles. The van der Waals surface area contributed by atoms with Crippen LogP contribution in [0.3, 0.4) is 0 Å². The summed E-state index contributed by atoms with van der Waals surface area (Å²) in [7, 11) is 0. The summed E-state index contributed by atoms with van der Waals surface area (Å²) in [4.78, 5) is 53.5. The summed E-state index contributed by atoms with van der Waals surface area (Å²) in [6, 6.07) is 16.0. The molecule has 9 nitrogen and oxygen atoms in total. The van der Waals surface area contributed by atoms with Crippen LogP contribution >= 0.6 is 11.8 Å². The highest BCUT2D eigenvalue weighted by Gasteiger charge is 2.36. The highest BCUT2D eigenvalue weighted by molar-refractivity contribution is 8.18. The van der Waals surface area contributed by atoms with Gasteiger partial charge >= 0.3 is 5.63 Å². The lowest BCUT2D eigenvalue weighted by atomic mass is 10.2. The fourth-order valence-corrected chi connectivity index (χ4v) is 4.78. The molecule has 3 aromatic rings. The average Bonchev–Trinajstić information content (AvgIpc) is 3.12. The number of anilines is 2. The summed E-state index contributed by atoms with van der Waals surface area (Å²) in [5.41, 5.74) is 1.40. The van der Waals surface area contributed by atoms with E-state index in [2.05, 4.69) is 10.2 Å². The molecule has 2 saturated heterocycles. The molecule has 0 spiro atoms. The van der Waals surface area contributed by atoms with Crippen molar-refractivity contribution in [2.24, 2.45) is 0 Å². The molecule has 3 amide bonds. The Kier molecular flexibility index (Phi) is 6.39. The van der Waals surface area contributed by atoms with Crippen molar-refractivity contribution < 1.29 is 23.5 Å². The zero-order chi connectivity index (χ0) is 24.4. The zero-order valence-corrected chi connectivity index (χ0v) is 19.4. The van der Waals surface area contributed by atoms with Crippen LogP contribution in [0.1, 0.15) is 5.56 Å². The maximum absolute atomic E-state index is 12.9. The highest BCUT2D eigenvalue weighted by atomic mass is 32.2. The van der Waals surface area contributed by atoms with Crippen LogP contribution in [-0.2, 0) is 14.3 Å². The largest absolute Gasteiger partial charge is 0.422 e. The molecular weight excluding hydrogens is 470 g/mol. The number of benzene rings is 2. The summed E-state index contributed by atoms with van der Waals surface area (Å²) in [5, 5.41) is 2.92. The van der Waals surface area contributed by atoms with E-state index in [1.54, 1.807) is 42.5 Å². The van der Waals surface area contributed by atoms with Gasteiger partial charge in [0.1, 0.15) is 12.1 Å². The van der Waals surface area contributed by atoms with Gasteiger partial charge in [-0.05, 0) is 42.1 Å². The molecule has 2 aliphatic rings. The van der Waals surface area contributed by atoms with Gasteiger partial charge in [0.25, 0.3) is 11.1 Å². The Balaban J connectivity index is 1.31. The van der Waals surface area contributed by atoms with Crippen molar-refractivity contribution in [1.82, 2.24) is 4.90 Å². The smallest absolute Gasteiger partial charge is 0.343 e. The number of carbonyl (C=O) groups excluding carboxylic acids is 3. The van der Waals surface area contributed by atoms with E-state index in [1.807, 2.05) is 12.1 Å². The van der Waals surface area contributed by atoms with Crippen LogP contribution in [-0.4, -0.2) is 54.8 Å². The molecule has 2 aliphatic heterocycles. The van der Waals surface area contributed by atoms with Crippen molar-refractivity contribution in [3.8, 4) is 0 Å². The summed E-state index contributed by atoms with van der Waals surface area (Å²) in [6.45, 7) is 2.15. The van der Waals surface area contributed by atoms with Gasteiger partial charge in [-0.2, -0.15) is 0 Å². The number of imide groups is 1. The number of ether oxygens (including phenoxy) is 1. The third-order valence-electron chi connectivity index (χ3n) is 5.66. The van der Waals surface area contributed by atoms with Gasteiger partial charge < -0.3 is 19.4 Å². The molecule has 0 saturated carbocycles. The van der Waals surface area contributed by atoms with Gasteiger partial charge in [0.15, 0.2) is 0 Å². The molecule has 3 heterocycles. The molecule has 0 unspecified atom stereocenters. The molecule has 0 aliphatic carbocycles. The Hall–Kier alpha value is -3.89. The molecule has 1 N–H and O–H groups in total. The van der Waals surface area contributed by atoms with Crippen molar-refractivity contribution >= 4 is 57.2 Å². The second-order valence-corrected chi connectivity index (χ2v) is 8.95. The number of hydrogen-bond donors (Lipinski definition) is 1. The molecule has 5 rings (SSSR count). The Morgan fingerprint density at radius 1 is 1.03 bits per heavy atom. The van der Waals surface area contributed by atoms with Crippen molar-refractivity contribution in [2.75, 3.05) is 43.1 Å². The van der Waals surface area contributed by atoms with Crippen LogP contribution in [0.5, 0.6) is 0 Å². The van der Waals surface area contributed by atoms with Crippen molar-refractivity contribution in [3.63, 3.8) is 0 Å². The Labute approximate surface area is 204 Å². The number of para-hydroxylation sites is 3. The van der Waals surface area contributed by atoms with Crippen molar-refractivity contribution in [3.05, 3.63) is 75.5 Å². The molecule has 1 aromatic heterocycles. The number of thioether (sulfide) groups is 1. The van der Waals surface area contributed by atoms with Gasteiger partial charge in [-0.15, -0.1) is 0 Å². The fraction of sp³-hybridized carbons (Fsp3) is 0.200. The summed E-state index contributed by atoms with van der Waals surface area (Å²) in [5.74, 6) is -1.14. The first-order chi connectivity index (χ1) is 17.0. The third-order valence-corrected chi connectivity index (χ3v) is 6.57. The van der Waals surface area contributed by atoms with E-state index < -0.39 is 29.2 Å². The first-order valence-electron chi connectivity index (χ1n) is 11.0. The van der Waals surface area contributed by atoms with E-state index in [1.165, 1.54) is 6.08 Å².